The van der Waals surface area contributed by atoms with Crippen molar-refractivity contribution < 1.29 is 4.79 Å². The molecule has 0 atom stereocenters. The summed E-state index contributed by atoms with van der Waals surface area (Å²) in [4.78, 5) is 12.4. The molecule has 0 fully saturated rings. The minimum atomic E-state index is -0.149. The van der Waals surface area contributed by atoms with Crippen molar-refractivity contribution in [1.82, 2.24) is 5.32 Å². The molecule has 0 bridgehead atoms. The van der Waals surface area contributed by atoms with Gasteiger partial charge in [-0.2, -0.15) is 0 Å². The van der Waals surface area contributed by atoms with Crippen LogP contribution in [-0.2, 0) is 6.54 Å². The molecule has 0 saturated carbocycles. The van der Waals surface area contributed by atoms with Crippen LogP contribution in [0.15, 0.2) is 46.9 Å². The van der Waals surface area contributed by atoms with Crippen molar-refractivity contribution in [2.45, 2.75) is 13.5 Å². The monoisotopic (exact) mass is 366 g/mol. The lowest BCUT2D eigenvalue weighted by atomic mass is 10.1. The number of carbonyl (C=O) groups is 1. The third-order valence-corrected chi connectivity index (χ3v) is 4.00. The van der Waals surface area contributed by atoms with E-state index in [2.05, 4.69) is 26.6 Å². The molecule has 2 N–H and O–H groups in total. The molecule has 3 nitrogen and oxygen atoms in total. The molecular formula is C16H16BrClN2O. The predicted octanol–water partition coefficient (Wildman–Crippen LogP) is 4.46. The highest BCUT2D eigenvalue weighted by Crippen LogP contribution is 2.21. The Kier molecular flexibility index (Phi) is 5.65. The number of benzene rings is 2. The van der Waals surface area contributed by atoms with Crippen LogP contribution in [0.25, 0.3) is 0 Å². The van der Waals surface area contributed by atoms with Crippen molar-refractivity contribution in [3.05, 3.63) is 63.1 Å². The number of halogens is 2. The van der Waals surface area contributed by atoms with E-state index in [0.29, 0.717) is 17.1 Å². The van der Waals surface area contributed by atoms with Crippen LogP contribution in [0.4, 0.5) is 5.69 Å². The fourth-order valence-electron chi connectivity index (χ4n) is 1.96. The van der Waals surface area contributed by atoms with E-state index in [1.165, 1.54) is 0 Å². The maximum Gasteiger partial charge on any atom is 0.253 e. The first-order valence-corrected chi connectivity index (χ1v) is 7.84. The van der Waals surface area contributed by atoms with E-state index < -0.39 is 0 Å². The summed E-state index contributed by atoms with van der Waals surface area (Å²) in [5.74, 6) is -0.149. The molecule has 0 aliphatic rings. The Labute approximate surface area is 137 Å². The molecule has 2 rings (SSSR count). The topological polar surface area (TPSA) is 41.1 Å². The normalized spacial score (nSPS) is 10.2. The van der Waals surface area contributed by atoms with Crippen LogP contribution in [0.3, 0.4) is 0 Å². The summed E-state index contributed by atoms with van der Waals surface area (Å²) in [6, 6.07) is 13.1. The van der Waals surface area contributed by atoms with Gasteiger partial charge in [0.15, 0.2) is 0 Å². The van der Waals surface area contributed by atoms with Crippen molar-refractivity contribution in [2.75, 3.05) is 11.9 Å². The Hall–Kier alpha value is -1.52. The summed E-state index contributed by atoms with van der Waals surface area (Å²) in [6.45, 7) is 3.18. The summed E-state index contributed by atoms with van der Waals surface area (Å²) in [7, 11) is 0. The standard InChI is InChI=1S/C16H16BrClN2O/c1-2-19-15-8-7-12(18)9-13(15)16(21)20-10-11-5-3-4-6-14(11)17/h3-9,19H,2,10H2,1H3,(H,20,21). The first kappa shape index (κ1) is 15.9. The lowest BCUT2D eigenvalue weighted by molar-refractivity contribution is 0.0951. The van der Waals surface area contributed by atoms with Crippen molar-refractivity contribution in [3.63, 3.8) is 0 Å². The summed E-state index contributed by atoms with van der Waals surface area (Å²) in [6.07, 6.45) is 0. The highest BCUT2D eigenvalue weighted by atomic mass is 79.9. The fraction of sp³-hybridized carbons (Fsp3) is 0.188. The van der Waals surface area contributed by atoms with Crippen molar-refractivity contribution in [3.8, 4) is 0 Å². The smallest absolute Gasteiger partial charge is 0.253 e. The maximum atomic E-state index is 12.4. The van der Waals surface area contributed by atoms with E-state index in [1.54, 1.807) is 12.1 Å². The lowest BCUT2D eigenvalue weighted by Crippen LogP contribution is -2.24. The Balaban J connectivity index is 2.13. The van der Waals surface area contributed by atoms with Gasteiger partial charge in [0, 0.05) is 28.3 Å². The molecule has 2 aromatic carbocycles. The van der Waals surface area contributed by atoms with Crippen LogP contribution in [0.1, 0.15) is 22.8 Å². The zero-order valence-corrected chi connectivity index (χ0v) is 14.0. The van der Waals surface area contributed by atoms with E-state index in [4.69, 9.17) is 11.6 Å². The Morgan fingerprint density at radius 1 is 1.24 bits per heavy atom. The molecule has 5 heteroatoms. The molecule has 1 amide bonds. The predicted molar refractivity (Wildman–Crippen MR) is 90.9 cm³/mol. The van der Waals surface area contributed by atoms with Gasteiger partial charge in [-0.25, -0.2) is 0 Å². The fourth-order valence-corrected chi connectivity index (χ4v) is 2.56. The van der Waals surface area contributed by atoms with Crippen LogP contribution >= 0.6 is 27.5 Å². The van der Waals surface area contributed by atoms with E-state index >= 15 is 0 Å². The van der Waals surface area contributed by atoms with Gasteiger partial charge in [-0.05, 0) is 36.8 Å². The average molecular weight is 368 g/mol. The third kappa shape index (κ3) is 4.22. The molecule has 0 saturated heterocycles. The molecule has 0 aliphatic heterocycles. The summed E-state index contributed by atoms with van der Waals surface area (Å²) < 4.78 is 0.975. The van der Waals surface area contributed by atoms with Gasteiger partial charge in [0.2, 0.25) is 0 Å². The van der Waals surface area contributed by atoms with Gasteiger partial charge in [0.25, 0.3) is 5.91 Å². The van der Waals surface area contributed by atoms with Gasteiger partial charge >= 0.3 is 0 Å². The van der Waals surface area contributed by atoms with E-state index in [0.717, 1.165) is 22.3 Å². The van der Waals surface area contributed by atoms with Crippen molar-refractivity contribution >= 4 is 39.1 Å². The van der Waals surface area contributed by atoms with Gasteiger partial charge in [0.1, 0.15) is 0 Å². The first-order chi connectivity index (χ1) is 10.1. The number of carbonyl (C=O) groups excluding carboxylic acids is 1. The second kappa shape index (κ2) is 7.48. The van der Waals surface area contributed by atoms with Crippen molar-refractivity contribution in [1.29, 1.82) is 0 Å². The zero-order valence-electron chi connectivity index (χ0n) is 11.6. The molecule has 0 unspecified atom stereocenters. The minimum Gasteiger partial charge on any atom is -0.385 e. The number of anilines is 1. The molecule has 21 heavy (non-hydrogen) atoms. The summed E-state index contributed by atoms with van der Waals surface area (Å²) in [5, 5.41) is 6.62. The molecule has 0 aromatic heterocycles. The van der Waals surface area contributed by atoms with Crippen LogP contribution in [0, 0.1) is 0 Å². The Morgan fingerprint density at radius 2 is 2.00 bits per heavy atom. The van der Waals surface area contributed by atoms with E-state index in [-0.39, 0.29) is 5.91 Å². The SMILES string of the molecule is CCNc1ccc(Cl)cc1C(=O)NCc1ccccc1Br. The number of rotatable bonds is 5. The molecule has 110 valence electrons. The summed E-state index contributed by atoms with van der Waals surface area (Å²) in [5.41, 5.74) is 2.36. The minimum absolute atomic E-state index is 0.149. The number of amides is 1. The largest absolute Gasteiger partial charge is 0.385 e. The van der Waals surface area contributed by atoms with E-state index in [1.807, 2.05) is 37.3 Å². The number of hydrogen-bond acceptors (Lipinski definition) is 2. The van der Waals surface area contributed by atoms with Crippen LogP contribution in [0.2, 0.25) is 5.02 Å². The van der Waals surface area contributed by atoms with Crippen LogP contribution in [-0.4, -0.2) is 12.5 Å². The maximum absolute atomic E-state index is 12.4. The highest BCUT2D eigenvalue weighted by molar-refractivity contribution is 9.10. The number of nitrogens with one attached hydrogen (secondary N) is 2. The molecule has 0 spiro atoms. The van der Waals surface area contributed by atoms with E-state index in [9.17, 15) is 4.79 Å². The average Bonchev–Trinajstić information content (AvgIpc) is 2.48. The zero-order chi connectivity index (χ0) is 15.2. The van der Waals surface area contributed by atoms with Crippen molar-refractivity contribution in [2.24, 2.45) is 0 Å². The van der Waals surface area contributed by atoms with Crippen LogP contribution in [0.5, 0.6) is 0 Å². The van der Waals surface area contributed by atoms with Gasteiger partial charge in [-0.15, -0.1) is 0 Å². The molecular weight excluding hydrogens is 352 g/mol. The van der Waals surface area contributed by atoms with Gasteiger partial charge in [-0.3, -0.25) is 4.79 Å². The quantitative estimate of drug-likeness (QED) is 0.819. The van der Waals surface area contributed by atoms with Gasteiger partial charge in [-0.1, -0.05) is 45.7 Å². The molecule has 0 aliphatic carbocycles. The number of hydrogen-bond donors (Lipinski definition) is 2. The second-order valence-electron chi connectivity index (χ2n) is 4.49. The molecule has 0 heterocycles. The van der Waals surface area contributed by atoms with Gasteiger partial charge < -0.3 is 10.6 Å². The highest BCUT2D eigenvalue weighted by Gasteiger charge is 2.12. The lowest BCUT2D eigenvalue weighted by Gasteiger charge is -2.12. The third-order valence-electron chi connectivity index (χ3n) is 2.99. The first-order valence-electron chi connectivity index (χ1n) is 6.67. The van der Waals surface area contributed by atoms with Crippen LogP contribution < -0.4 is 10.6 Å². The van der Waals surface area contributed by atoms with Gasteiger partial charge in [0.05, 0.1) is 5.56 Å². The summed E-state index contributed by atoms with van der Waals surface area (Å²) >= 11 is 9.46. The Morgan fingerprint density at radius 3 is 2.71 bits per heavy atom. The molecule has 2 aromatic rings. The molecule has 0 radical (unpaired) electrons. The second-order valence-corrected chi connectivity index (χ2v) is 5.79. The Bertz CT molecular complexity index is 646.